The number of esters is 1. The van der Waals surface area contributed by atoms with Crippen LogP contribution in [-0.2, 0) is 18.4 Å². The highest BCUT2D eigenvalue weighted by Gasteiger charge is 2.63. The van der Waals surface area contributed by atoms with Crippen LogP contribution in [-0.4, -0.2) is 41.9 Å². The van der Waals surface area contributed by atoms with E-state index in [9.17, 15) is 4.79 Å². The van der Waals surface area contributed by atoms with Crippen LogP contribution in [0.3, 0.4) is 0 Å². The topological polar surface area (TPSA) is 44.8 Å². The van der Waals surface area contributed by atoms with Crippen molar-refractivity contribution >= 4 is 22.6 Å². The molecule has 37 heavy (non-hydrogen) atoms. The zero-order valence-corrected chi connectivity index (χ0v) is 27.8. The van der Waals surface area contributed by atoms with E-state index >= 15 is 0 Å². The maximum Gasteiger partial charge on any atom is 0.305 e. The van der Waals surface area contributed by atoms with Gasteiger partial charge in [0.1, 0.15) is 0 Å². The quantitative estimate of drug-likeness (QED) is 0.225. The molecule has 0 aromatic carbocycles. The number of fused-ring (bicyclic) bond motifs is 5. The maximum absolute atomic E-state index is 11.9. The van der Waals surface area contributed by atoms with Gasteiger partial charge >= 0.3 is 5.97 Å². The third-order valence-corrected chi connectivity index (χ3v) is 13.5. The first kappa shape index (κ1) is 29.8. The van der Waals surface area contributed by atoms with Crippen molar-refractivity contribution in [3.05, 3.63) is 0 Å². The lowest BCUT2D eigenvalue weighted by Gasteiger charge is -2.63. The SMILES string of the molecule is COC(=O)CC[C@@H](C)C1CCC2C3C[C@@H](O[Si](C)(C)C)C4C[C@H](O[Si](C)(C)C)CC[C@]4(C)C3CC[C@@]21C. The van der Waals surface area contributed by atoms with Crippen molar-refractivity contribution in [2.75, 3.05) is 7.11 Å². The van der Waals surface area contributed by atoms with Crippen LogP contribution < -0.4 is 0 Å². The summed E-state index contributed by atoms with van der Waals surface area (Å²) in [5, 5.41) is 0. The van der Waals surface area contributed by atoms with Gasteiger partial charge in [0.25, 0.3) is 0 Å². The Labute approximate surface area is 230 Å². The lowest BCUT2D eigenvalue weighted by atomic mass is 9.43. The zero-order valence-electron chi connectivity index (χ0n) is 25.8. The summed E-state index contributed by atoms with van der Waals surface area (Å²) in [5.74, 6) is 4.31. The van der Waals surface area contributed by atoms with E-state index < -0.39 is 16.6 Å². The van der Waals surface area contributed by atoms with Crippen molar-refractivity contribution < 1.29 is 18.4 Å². The van der Waals surface area contributed by atoms with Crippen molar-refractivity contribution in [2.24, 2.45) is 46.3 Å². The predicted octanol–water partition coefficient (Wildman–Crippen LogP) is 8.28. The van der Waals surface area contributed by atoms with E-state index in [1.54, 1.807) is 0 Å². The summed E-state index contributed by atoms with van der Waals surface area (Å²) in [6.45, 7) is 21.9. The van der Waals surface area contributed by atoms with Crippen LogP contribution in [0.4, 0.5) is 0 Å². The number of hydrogen-bond acceptors (Lipinski definition) is 4. The molecule has 0 bridgehead atoms. The lowest BCUT2D eigenvalue weighted by molar-refractivity contribution is -0.166. The summed E-state index contributed by atoms with van der Waals surface area (Å²) in [6.07, 6.45) is 12.8. The van der Waals surface area contributed by atoms with Crippen molar-refractivity contribution in [3.63, 3.8) is 0 Å². The van der Waals surface area contributed by atoms with Gasteiger partial charge in [0.05, 0.1) is 7.11 Å². The van der Waals surface area contributed by atoms with Gasteiger partial charge in [-0.1, -0.05) is 20.8 Å². The van der Waals surface area contributed by atoms with Crippen LogP contribution in [0.15, 0.2) is 0 Å². The Bertz CT molecular complexity index is 819. The van der Waals surface area contributed by atoms with Crippen LogP contribution in [0.2, 0.25) is 39.3 Å². The molecule has 4 aliphatic rings. The van der Waals surface area contributed by atoms with E-state index in [4.69, 9.17) is 13.6 Å². The van der Waals surface area contributed by atoms with E-state index in [-0.39, 0.29) is 5.97 Å². The summed E-state index contributed by atoms with van der Waals surface area (Å²) in [6, 6.07) is 0. The van der Waals surface area contributed by atoms with Crippen molar-refractivity contribution in [1.29, 1.82) is 0 Å². The van der Waals surface area contributed by atoms with Gasteiger partial charge in [-0.05, 0) is 143 Å². The number of rotatable bonds is 8. The minimum atomic E-state index is -1.66. The van der Waals surface area contributed by atoms with Gasteiger partial charge in [0.15, 0.2) is 16.6 Å². The summed E-state index contributed by atoms with van der Waals surface area (Å²) in [4.78, 5) is 11.9. The minimum absolute atomic E-state index is 0.0541. The van der Waals surface area contributed by atoms with E-state index in [1.165, 1.54) is 58.5 Å². The van der Waals surface area contributed by atoms with E-state index in [2.05, 4.69) is 60.1 Å². The number of methoxy groups -OCH3 is 1. The fraction of sp³-hybridized carbons (Fsp3) is 0.968. The largest absolute Gasteiger partial charge is 0.469 e. The van der Waals surface area contributed by atoms with Crippen molar-refractivity contribution in [2.45, 2.75) is 136 Å². The first-order valence-corrected chi connectivity index (χ1v) is 22.3. The number of hydrogen-bond donors (Lipinski definition) is 0. The molecule has 4 saturated carbocycles. The fourth-order valence-corrected chi connectivity index (χ4v) is 12.4. The Balaban J connectivity index is 1.57. The summed E-state index contributed by atoms with van der Waals surface area (Å²) >= 11 is 0. The molecule has 0 aromatic rings. The van der Waals surface area contributed by atoms with E-state index in [1.807, 2.05) is 0 Å². The molecule has 0 aromatic heterocycles. The second kappa shape index (κ2) is 10.7. The van der Waals surface area contributed by atoms with Gasteiger partial charge in [-0.2, -0.15) is 0 Å². The maximum atomic E-state index is 11.9. The van der Waals surface area contributed by atoms with Crippen molar-refractivity contribution in [3.8, 4) is 0 Å². The summed E-state index contributed by atoms with van der Waals surface area (Å²) in [5.41, 5.74) is 0.782. The molecule has 214 valence electrons. The van der Waals surface area contributed by atoms with E-state index in [0.717, 1.165) is 30.1 Å². The molecule has 0 heterocycles. The Hall–Kier alpha value is -0.176. The smallest absolute Gasteiger partial charge is 0.305 e. The molecular formula is C31H58O4Si2. The lowest BCUT2D eigenvalue weighted by Crippen LogP contribution is -2.60. The van der Waals surface area contributed by atoms with Gasteiger partial charge in [-0.25, -0.2) is 0 Å². The molecule has 0 amide bonds. The van der Waals surface area contributed by atoms with Gasteiger partial charge in [-0.15, -0.1) is 0 Å². The van der Waals surface area contributed by atoms with Crippen LogP contribution in [0.5, 0.6) is 0 Å². The molecule has 0 saturated heterocycles. The zero-order chi connectivity index (χ0) is 27.4. The first-order valence-electron chi connectivity index (χ1n) is 15.5. The first-order chi connectivity index (χ1) is 17.1. The van der Waals surface area contributed by atoms with Gasteiger partial charge in [0.2, 0.25) is 0 Å². The molecule has 4 rings (SSSR count). The number of carbonyl (C=O) groups excluding carboxylic acids is 1. The average molecular weight is 551 g/mol. The Morgan fingerprint density at radius 1 is 0.838 bits per heavy atom. The molecule has 10 atom stereocenters. The van der Waals surface area contributed by atoms with Crippen LogP contribution in [0.1, 0.15) is 85.0 Å². The molecular weight excluding hydrogens is 493 g/mol. The predicted molar refractivity (Wildman–Crippen MR) is 157 cm³/mol. The molecule has 5 unspecified atom stereocenters. The van der Waals surface area contributed by atoms with E-state index in [0.29, 0.717) is 41.3 Å². The number of carbonyl (C=O) groups is 1. The van der Waals surface area contributed by atoms with Gasteiger partial charge in [0, 0.05) is 18.6 Å². The van der Waals surface area contributed by atoms with Gasteiger partial charge in [-0.3, -0.25) is 4.79 Å². The molecule has 6 heteroatoms. The minimum Gasteiger partial charge on any atom is -0.469 e. The van der Waals surface area contributed by atoms with Gasteiger partial charge < -0.3 is 13.6 Å². The highest BCUT2D eigenvalue weighted by atomic mass is 28.4. The standard InChI is InChI=1S/C31H58O4Si2/c1-21(11-14-29(32)33-4)24-12-13-25-23-20-28(35-37(8,9)10)27-19-22(34-36(5,6)7)15-17-31(27,3)26(23)16-18-30(24,25)2/h21-28H,11-20H2,1-10H3/t21-,22-,23?,24?,25?,26?,27?,28-,30-,31-/m1/s1. The average Bonchev–Trinajstić information content (AvgIpc) is 3.13. The molecule has 0 radical (unpaired) electrons. The molecule has 4 aliphatic carbocycles. The molecule has 0 N–H and O–H groups in total. The molecule has 0 spiro atoms. The molecule has 0 aliphatic heterocycles. The normalized spacial score (nSPS) is 42.9. The summed E-state index contributed by atoms with van der Waals surface area (Å²) in [7, 11) is -1.70. The molecule has 4 fully saturated rings. The Morgan fingerprint density at radius 2 is 1.46 bits per heavy atom. The second-order valence-electron chi connectivity index (χ2n) is 15.9. The highest BCUT2D eigenvalue weighted by Crippen LogP contribution is 2.69. The van der Waals surface area contributed by atoms with Crippen LogP contribution >= 0.6 is 0 Å². The second-order valence-corrected chi connectivity index (χ2v) is 24.9. The summed E-state index contributed by atoms with van der Waals surface area (Å²) < 4.78 is 18.8. The highest BCUT2D eigenvalue weighted by molar-refractivity contribution is 6.70. The van der Waals surface area contributed by atoms with Crippen LogP contribution in [0.25, 0.3) is 0 Å². The Morgan fingerprint density at radius 3 is 2.08 bits per heavy atom. The fourth-order valence-electron chi connectivity index (χ4n) is 10.0. The third kappa shape index (κ3) is 6.12. The third-order valence-electron chi connectivity index (χ3n) is 11.4. The van der Waals surface area contributed by atoms with Crippen LogP contribution in [0, 0.1) is 46.3 Å². The monoisotopic (exact) mass is 550 g/mol. The number of ether oxygens (including phenoxy) is 1. The molecule has 4 nitrogen and oxygen atoms in total. The van der Waals surface area contributed by atoms with Crippen molar-refractivity contribution in [1.82, 2.24) is 0 Å². The Kier molecular flexibility index (Phi) is 8.59.